The van der Waals surface area contributed by atoms with Gasteiger partial charge < -0.3 is 5.11 Å². The molecule has 2 heteroatoms. The smallest absolute Gasteiger partial charge is 0.0764 e. The number of terminal acetylenes is 1. The molecule has 0 aromatic rings. The second kappa shape index (κ2) is 3.60. The molecule has 0 atom stereocenters. The Bertz CT molecular complexity index is 135. The van der Waals surface area contributed by atoms with E-state index < -0.39 is 0 Å². The van der Waals surface area contributed by atoms with Gasteiger partial charge in [0.1, 0.15) is 0 Å². The summed E-state index contributed by atoms with van der Waals surface area (Å²) < 4.78 is 0. The van der Waals surface area contributed by atoms with Crippen molar-refractivity contribution in [3.63, 3.8) is 0 Å². The van der Waals surface area contributed by atoms with Gasteiger partial charge in [-0.1, -0.05) is 5.92 Å². The summed E-state index contributed by atoms with van der Waals surface area (Å²) in [6, 6.07) is 0. The predicted molar refractivity (Wildman–Crippen MR) is 42.6 cm³/mol. The molecular formula is C8H15NO. The Morgan fingerprint density at radius 2 is 2.10 bits per heavy atom. The normalized spacial score (nSPS) is 11.6. The standard InChI is InChI=1S/C8H15NO/c1-5-8(2,3)9(4)6-7-10/h1,10H,6-7H2,2-4H3. The van der Waals surface area contributed by atoms with Crippen LogP contribution in [0.4, 0.5) is 0 Å². The van der Waals surface area contributed by atoms with Crippen LogP contribution in [0.15, 0.2) is 0 Å². The minimum atomic E-state index is -0.247. The van der Waals surface area contributed by atoms with Gasteiger partial charge in [-0.05, 0) is 20.9 Å². The third kappa shape index (κ3) is 2.38. The number of aliphatic hydroxyl groups is 1. The summed E-state index contributed by atoms with van der Waals surface area (Å²) in [6.45, 7) is 4.67. The minimum Gasteiger partial charge on any atom is -0.395 e. The van der Waals surface area contributed by atoms with E-state index in [-0.39, 0.29) is 12.1 Å². The van der Waals surface area contributed by atoms with E-state index in [1.807, 2.05) is 25.8 Å². The van der Waals surface area contributed by atoms with Crippen LogP contribution >= 0.6 is 0 Å². The van der Waals surface area contributed by atoms with E-state index >= 15 is 0 Å². The molecule has 0 fully saturated rings. The van der Waals surface area contributed by atoms with Crippen LogP contribution in [-0.4, -0.2) is 35.7 Å². The molecule has 0 saturated heterocycles. The van der Waals surface area contributed by atoms with Crippen LogP contribution in [0.1, 0.15) is 13.8 Å². The zero-order valence-corrected chi connectivity index (χ0v) is 6.89. The summed E-state index contributed by atoms with van der Waals surface area (Å²) in [6.07, 6.45) is 5.26. The first-order chi connectivity index (χ1) is 4.54. The summed E-state index contributed by atoms with van der Waals surface area (Å²) in [5, 5.41) is 8.59. The van der Waals surface area contributed by atoms with Crippen molar-refractivity contribution in [2.24, 2.45) is 0 Å². The maximum absolute atomic E-state index is 8.59. The van der Waals surface area contributed by atoms with Gasteiger partial charge in [0.25, 0.3) is 0 Å². The maximum Gasteiger partial charge on any atom is 0.0764 e. The zero-order valence-electron chi connectivity index (χ0n) is 6.89. The fourth-order valence-corrected chi connectivity index (χ4v) is 0.540. The van der Waals surface area contributed by atoms with Crippen molar-refractivity contribution in [1.29, 1.82) is 0 Å². The summed E-state index contributed by atoms with van der Waals surface area (Å²) in [7, 11) is 1.90. The lowest BCUT2D eigenvalue weighted by atomic mass is 10.1. The average molecular weight is 141 g/mol. The molecule has 0 aliphatic heterocycles. The fraction of sp³-hybridized carbons (Fsp3) is 0.750. The third-order valence-corrected chi connectivity index (χ3v) is 1.74. The highest BCUT2D eigenvalue weighted by atomic mass is 16.3. The molecule has 0 saturated carbocycles. The van der Waals surface area contributed by atoms with Crippen LogP contribution in [0.25, 0.3) is 0 Å². The first kappa shape index (κ1) is 9.48. The zero-order chi connectivity index (χ0) is 8.20. The number of likely N-dealkylation sites (N-methyl/N-ethyl adjacent to an activating group) is 1. The topological polar surface area (TPSA) is 23.5 Å². The molecule has 2 nitrogen and oxygen atoms in total. The molecule has 0 aromatic heterocycles. The molecule has 0 radical (unpaired) electrons. The Labute approximate surface area is 62.8 Å². The first-order valence-corrected chi connectivity index (χ1v) is 3.34. The van der Waals surface area contributed by atoms with Crippen molar-refractivity contribution in [2.75, 3.05) is 20.2 Å². The molecule has 10 heavy (non-hydrogen) atoms. The molecule has 0 aliphatic rings. The SMILES string of the molecule is C#CC(C)(C)N(C)CCO. The highest BCUT2D eigenvalue weighted by Crippen LogP contribution is 2.08. The van der Waals surface area contributed by atoms with Gasteiger partial charge in [0, 0.05) is 6.54 Å². The van der Waals surface area contributed by atoms with Gasteiger partial charge in [-0.15, -0.1) is 6.42 Å². The lowest BCUT2D eigenvalue weighted by molar-refractivity contribution is 0.162. The van der Waals surface area contributed by atoms with E-state index in [1.165, 1.54) is 0 Å². The second-order valence-corrected chi connectivity index (χ2v) is 2.85. The van der Waals surface area contributed by atoms with Crippen LogP contribution < -0.4 is 0 Å². The Morgan fingerprint density at radius 3 is 2.40 bits per heavy atom. The quantitative estimate of drug-likeness (QED) is 0.572. The van der Waals surface area contributed by atoms with E-state index in [9.17, 15) is 0 Å². The Morgan fingerprint density at radius 1 is 1.60 bits per heavy atom. The van der Waals surface area contributed by atoms with Gasteiger partial charge in [-0.25, -0.2) is 0 Å². The molecule has 58 valence electrons. The number of β-amino-alcohol motifs (C(OH)–C–C–N with tert-alkyl or cyclic N) is 1. The lowest BCUT2D eigenvalue weighted by Crippen LogP contribution is -2.41. The van der Waals surface area contributed by atoms with Crippen molar-refractivity contribution < 1.29 is 5.11 Å². The monoisotopic (exact) mass is 141 g/mol. The third-order valence-electron chi connectivity index (χ3n) is 1.74. The predicted octanol–water partition coefficient (Wildman–Crippen LogP) is 0.322. The number of hydrogen-bond donors (Lipinski definition) is 1. The van der Waals surface area contributed by atoms with Crippen molar-refractivity contribution in [3.05, 3.63) is 0 Å². The number of hydrogen-bond acceptors (Lipinski definition) is 2. The highest BCUT2D eigenvalue weighted by Gasteiger charge is 2.18. The van der Waals surface area contributed by atoms with Gasteiger partial charge >= 0.3 is 0 Å². The molecule has 1 N–H and O–H groups in total. The van der Waals surface area contributed by atoms with Gasteiger partial charge in [0.2, 0.25) is 0 Å². The molecule has 0 aromatic carbocycles. The van der Waals surface area contributed by atoms with E-state index in [4.69, 9.17) is 11.5 Å². The molecular weight excluding hydrogens is 126 g/mol. The number of aliphatic hydroxyl groups excluding tert-OH is 1. The van der Waals surface area contributed by atoms with E-state index in [2.05, 4.69) is 5.92 Å². The number of rotatable bonds is 3. The molecule has 0 heterocycles. The second-order valence-electron chi connectivity index (χ2n) is 2.85. The van der Waals surface area contributed by atoms with E-state index in [0.29, 0.717) is 6.54 Å². The fourth-order valence-electron chi connectivity index (χ4n) is 0.540. The van der Waals surface area contributed by atoms with Crippen molar-refractivity contribution >= 4 is 0 Å². The molecule has 0 unspecified atom stereocenters. The van der Waals surface area contributed by atoms with Crippen LogP contribution in [0.5, 0.6) is 0 Å². The Balaban J connectivity index is 3.94. The minimum absolute atomic E-state index is 0.154. The maximum atomic E-state index is 8.59. The van der Waals surface area contributed by atoms with Gasteiger partial charge in [-0.2, -0.15) is 0 Å². The van der Waals surface area contributed by atoms with E-state index in [1.54, 1.807) is 0 Å². The highest BCUT2D eigenvalue weighted by molar-refractivity contribution is 5.07. The van der Waals surface area contributed by atoms with Crippen LogP contribution in [0.2, 0.25) is 0 Å². The summed E-state index contributed by atoms with van der Waals surface area (Å²) in [5.41, 5.74) is -0.247. The Kier molecular flexibility index (Phi) is 3.41. The summed E-state index contributed by atoms with van der Waals surface area (Å²) in [5.74, 6) is 2.64. The Hall–Kier alpha value is -0.520. The number of nitrogens with zero attached hydrogens (tertiary/aromatic N) is 1. The molecule has 0 rings (SSSR count). The van der Waals surface area contributed by atoms with Gasteiger partial charge in [0.15, 0.2) is 0 Å². The van der Waals surface area contributed by atoms with Crippen LogP contribution in [-0.2, 0) is 0 Å². The van der Waals surface area contributed by atoms with E-state index in [0.717, 1.165) is 0 Å². The molecule has 0 spiro atoms. The van der Waals surface area contributed by atoms with Gasteiger partial charge in [0.05, 0.1) is 12.1 Å². The van der Waals surface area contributed by atoms with Crippen molar-refractivity contribution in [2.45, 2.75) is 19.4 Å². The summed E-state index contributed by atoms with van der Waals surface area (Å²) >= 11 is 0. The average Bonchev–Trinajstić information content (AvgIpc) is 1.89. The van der Waals surface area contributed by atoms with Crippen molar-refractivity contribution in [3.8, 4) is 12.3 Å². The van der Waals surface area contributed by atoms with Crippen LogP contribution in [0.3, 0.4) is 0 Å². The molecule has 0 bridgehead atoms. The lowest BCUT2D eigenvalue weighted by Gasteiger charge is -2.29. The largest absolute Gasteiger partial charge is 0.395 e. The molecule has 0 amide bonds. The molecule has 0 aliphatic carbocycles. The van der Waals surface area contributed by atoms with Crippen LogP contribution in [0, 0.1) is 12.3 Å². The summed E-state index contributed by atoms with van der Waals surface area (Å²) in [4.78, 5) is 1.94. The first-order valence-electron chi connectivity index (χ1n) is 3.34. The van der Waals surface area contributed by atoms with Gasteiger partial charge in [-0.3, -0.25) is 4.90 Å². The van der Waals surface area contributed by atoms with Crippen molar-refractivity contribution in [1.82, 2.24) is 4.90 Å².